The quantitative estimate of drug-likeness (QED) is 0.866. The number of cyclic esters (lactones) is 1. The minimum absolute atomic E-state index is 0.192. The molecule has 5 nitrogen and oxygen atoms in total. The van der Waals surface area contributed by atoms with Crippen molar-refractivity contribution < 1.29 is 9.53 Å². The molecular formula is C18H21N3O2S. The van der Waals surface area contributed by atoms with Gasteiger partial charge in [0.15, 0.2) is 0 Å². The monoisotopic (exact) mass is 343 g/mol. The van der Waals surface area contributed by atoms with Crippen molar-refractivity contribution >= 4 is 23.1 Å². The molecule has 1 saturated heterocycles. The minimum Gasteiger partial charge on any atom is -0.447 e. The van der Waals surface area contributed by atoms with E-state index in [0.717, 1.165) is 22.8 Å². The molecule has 0 radical (unpaired) electrons. The number of amides is 1. The van der Waals surface area contributed by atoms with Gasteiger partial charge in [0.05, 0.1) is 12.2 Å². The number of hydrogen-bond acceptors (Lipinski definition) is 5. The molecule has 1 atom stereocenters. The molecule has 1 aliphatic carbocycles. The third kappa shape index (κ3) is 3.30. The van der Waals surface area contributed by atoms with Crippen LogP contribution in [-0.4, -0.2) is 24.2 Å². The summed E-state index contributed by atoms with van der Waals surface area (Å²) in [5, 5.41) is 6.87. The first-order valence-corrected chi connectivity index (χ1v) is 9.30. The van der Waals surface area contributed by atoms with Crippen molar-refractivity contribution in [3.05, 3.63) is 45.9 Å². The van der Waals surface area contributed by atoms with Crippen molar-refractivity contribution in [1.82, 2.24) is 10.3 Å². The van der Waals surface area contributed by atoms with E-state index in [1.807, 2.05) is 12.1 Å². The van der Waals surface area contributed by atoms with Crippen molar-refractivity contribution in [2.75, 3.05) is 18.1 Å². The van der Waals surface area contributed by atoms with Gasteiger partial charge in [-0.3, -0.25) is 4.90 Å². The van der Waals surface area contributed by atoms with Gasteiger partial charge in [0.25, 0.3) is 0 Å². The van der Waals surface area contributed by atoms with Crippen LogP contribution in [0.2, 0.25) is 0 Å². The standard InChI is InChI=1S/C18H21N3O2S/c1-12(19-10-17-20-16(11-24-17)13-5-6-13)14-3-2-4-15(9-14)21-7-8-23-18(21)22/h2-4,9,11-13,19H,5-8,10H2,1H3/t12-/m1/s1. The SMILES string of the molecule is C[C@@H](NCc1nc(C2CC2)cs1)c1cccc(N2CCOC2=O)c1. The van der Waals surface area contributed by atoms with E-state index in [0.29, 0.717) is 19.1 Å². The predicted octanol–water partition coefficient (Wildman–Crippen LogP) is 3.83. The van der Waals surface area contributed by atoms with Crippen LogP contribution in [0.25, 0.3) is 0 Å². The summed E-state index contributed by atoms with van der Waals surface area (Å²) >= 11 is 1.74. The van der Waals surface area contributed by atoms with Crippen molar-refractivity contribution in [2.24, 2.45) is 0 Å². The number of nitrogens with zero attached hydrogens (tertiary/aromatic N) is 2. The highest BCUT2D eigenvalue weighted by Crippen LogP contribution is 2.40. The van der Waals surface area contributed by atoms with Gasteiger partial charge >= 0.3 is 6.09 Å². The Morgan fingerprint density at radius 3 is 3.08 bits per heavy atom. The molecule has 0 unspecified atom stereocenters. The highest BCUT2D eigenvalue weighted by molar-refractivity contribution is 7.09. The largest absolute Gasteiger partial charge is 0.447 e. The highest BCUT2D eigenvalue weighted by Gasteiger charge is 2.26. The van der Waals surface area contributed by atoms with Gasteiger partial charge in [-0.1, -0.05) is 12.1 Å². The molecule has 2 aromatic rings. The van der Waals surface area contributed by atoms with Crippen molar-refractivity contribution in [3.8, 4) is 0 Å². The second-order valence-corrected chi connectivity index (χ2v) is 7.35. The Morgan fingerprint density at radius 1 is 1.46 bits per heavy atom. The molecular weight excluding hydrogens is 322 g/mol. The van der Waals surface area contributed by atoms with E-state index in [2.05, 4.69) is 29.8 Å². The molecule has 1 aromatic heterocycles. The van der Waals surface area contributed by atoms with E-state index < -0.39 is 0 Å². The number of carbonyl (C=O) groups is 1. The lowest BCUT2D eigenvalue weighted by Crippen LogP contribution is -2.24. The van der Waals surface area contributed by atoms with Crippen LogP contribution < -0.4 is 10.2 Å². The van der Waals surface area contributed by atoms with Crippen LogP contribution in [0, 0.1) is 0 Å². The van der Waals surface area contributed by atoms with Crippen LogP contribution >= 0.6 is 11.3 Å². The summed E-state index contributed by atoms with van der Waals surface area (Å²) in [5.74, 6) is 0.712. The number of aromatic nitrogens is 1. The Labute approximate surface area is 145 Å². The molecule has 2 aliphatic rings. The minimum atomic E-state index is -0.261. The van der Waals surface area contributed by atoms with Crippen LogP contribution in [0.1, 0.15) is 48.0 Å². The first-order chi connectivity index (χ1) is 11.7. The average molecular weight is 343 g/mol. The Kier molecular flexibility index (Phi) is 4.24. The van der Waals surface area contributed by atoms with Crippen molar-refractivity contribution in [2.45, 2.75) is 38.3 Å². The number of ether oxygens (including phenoxy) is 1. The van der Waals surface area contributed by atoms with Gasteiger partial charge in [-0.25, -0.2) is 9.78 Å². The first kappa shape index (κ1) is 15.6. The normalized spacial score (nSPS) is 18.7. The Balaban J connectivity index is 1.40. The summed E-state index contributed by atoms with van der Waals surface area (Å²) < 4.78 is 5.02. The summed E-state index contributed by atoms with van der Waals surface area (Å²) in [6, 6.07) is 8.27. The van der Waals surface area contributed by atoms with Crippen LogP contribution in [0.3, 0.4) is 0 Å². The average Bonchev–Trinajstić information content (AvgIpc) is 3.19. The topological polar surface area (TPSA) is 54.5 Å². The number of nitrogens with one attached hydrogen (secondary N) is 1. The lowest BCUT2D eigenvalue weighted by atomic mass is 10.1. The molecule has 2 fully saturated rings. The molecule has 1 amide bonds. The van der Waals surface area contributed by atoms with Gasteiger partial charge in [0.1, 0.15) is 11.6 Å². The van der Waals surface area contributed by atoms with E-state index >= 15 is 0 Å². The van der Waals surface area contributed by atoms with Gasteiger partial charge in [-0.05, 0) is 37.5 Å². The molecule has 1 aromatic carbocycles. The number of carbonyl (C=O) groups excluding carboxylic acids is 1. The van der Waals surface area contributed by atoms with Crippen LogP contribution in [0.5, 0.6) is 0 Å². The molecule has 126 valence electrons. The van der Waals surface area contributed by atoms with E-state index in [4.69, 9.17) is 9.72 Å². The first-order valence-electron chi connectivity index (χ1n) is 8.42. The summed E-state index contributed by atoms with van der Waals surface area (Å²) in [7, 11) is 0. The molecule has 24 heavy (non-hydrogen) atoms. The van der Waals surface area contributed by atoms with E-state index in [-0.39, 0.29) is 12.1 Å². The molecule has 6 heteroatoms. The van der Waals surface area contributed by atoms with E-state index in [1.165, 1.54) is 18.5 Å². The summed E-state index contributed by atoms with van der Waals surface area (Å²) in [6.07, 6.45) is 2.32. The molecule has 1 N–H and O–H groups in total. The number of hydrogen-bond donors (Lipinski definition) is 1. The summed E-state index contributed by atoms with van der Waals surface area (Å²) in [4.78, 5) is 18.1. The molecule has 1 saturated carbocycles. The maximum atomic E-state index is 11.7. The van der Waals surface area contributed by atoms with Crippen molar-refractivity contribution in [3.63, 3.8) is 0 Å². The summed E-state index contributed by atoms with van der Waals surface area (Å²) in [6.45, 7) is 3.99. The zero-order valence-corrected chi connectivity index (χ0v) is 14.5. The fraction of sp³-hybridized carbons (Fsp3) is 0.444. The predicted molar refractivity (Wildman–Crippen MR) is 94.5 cm³/mol. The van der Waals surface area contributed by atoms with Crippen LogP contribution in [-0.2, 0) is 11.3 Å². The molecule has 1 aliphatic heterocycles. The fourth-order valence-electron chi connectivity index (χ4n) is 2.92. The molecule has 0 bridgehead atoms. The van der Waals surface area contributed by atoms with Crippen LogP contribution in [0.15, 0.2) is 29.6 Å². The number of anilines is 1. The maximum Gasteiger partial charge on any atom is 0.414 e. The number of thiazole rings is 1. The maximum absolute atomic E-state index is 11.7. The zero-order chi connectivity index (χ0) is 16.5. The van der Waals surface area contributed by atoms with Crippen molar-refractivity contribution in [1.29, 1.82) is 0 Å². The number of benzene rings is 1. The van der Waals surface area contributed by atoms with Gasteiger partial charge < -0.3 is 10.1 Å². The Hall–Kier alpha value is -1.92. The zero-order valence-electron chi connectivity index (χ0n) is 13.7. The van der Waals surface area contributed by atoms with E-state index in [1.54, 1.807) is 16.2 Å². The van der Waals surface area contributed by atoms with Crippen LogP contribution in [0.4, 0.5) is 10.5 Å². The second kappa shape index (κ2) is 6.53. The Morgan fingerprint density at radius 2 is 2.33 bits per heavy atom. The second-order valence-electron chi connectivity index (χ2n) is 6.40. The van der Waals surface area contributed by atoms with Gasteiger partial charge in [0.2, 0.25) is 0 Å². The fourth-order valence-corrected chi connectivity index (χ4v) is 3.75. The third-order valence-electron chi connectivity index (χ3n) is 4.57. The van der Waals surface area contributed by atoms with Gasteiger partial charge in [0, 0.05) is 29.6 Å². The van der Waals surface area contributed by atoms with Gasteiger partial charge in [-0.15, -0.1) is 11.3 Å². The lowest BCUT2D eigenvalue weighted by molar-refractivity contribution is 0.181. The number of rotatable bonds is 6. The van der Waals surface area contributed by atoms with E-state index in [9.17, 15) is 4.79 Å². The third-order valence-corrected chi connectivity index (χ3v) is 5.43. The Bertz CT molecular complexity index is 741. The smallest absolute Gasteiger partial charge is 0.414 e. The molecule has 0 spiro atoms. The molecule has 2 heterocycles. The molecule has 4 rings (SSSR count). The lowest BCUT2D eigenvalue weighted by Gasteiger charge is -2.17. The highest BCUT2D eigenvalue weighted by atomic mass is 32.1. The summed E-state index contributed by atoms with van der Waals surface area (Å²) in [5.41, 5.74) is 3.32. The van der Waals surface area contributed by atoms with Gasteiger partial charge in [-0.2, -0.15) is 0 Å².